The van der Waals surface area contributed by atoms with Gasteiger partial charge in [0, 0.05) is 25.7 Å². The van der Waals surface area contributed by atoms with Crippen LogP contribution in [-0.4, -0.2) is 96.7 Å². The SMILES string of the molecule is CCCCCCCCCCCCCCCCC(=O)OC[C@H](COP(=O)(O)OC[C@@H](O)COP(=O)(O)OC[C@@H](COC(=O)CCCCCCCCCCCC)OC(=O)CCCCCCCCCCCCC)OC(=O)CCCCCCCCCCCCCCCCCCCCC(C)C. The Hall–Kier alpha value is -1.94. The van der Waals surface area contributed by atoms with E-state index in [9.17, 15) is 43.2 Å². The molecule has 0 aliphatic rings. The minimum Gasteiger partial charge on any atom is -0.462 e. The molecule has 96 heavy (non-hydrogen) atoms. The molecule has 0 radical (unpaired) electrons. The van der Waals surface area contributed by atoms with Gasteiger partial charge in [0.25, 0.3) is 0 Å². The summed E-state index contributed by atoms with van der Waals surface area (Å²) in [5.74, 6) is -1.29. The van der Waals surface area contributed by atoms with Gasteiger partial charge in [-0.15, -0.1) is 0 Å². The van der Waals surface area contributed by atoms with E-state index in [1.165, 1.54) is 231 Å². The molecule has 0 aromatic heterocycles. The number of rotatable bonds is 77. The van der Waals surface area contributed by atoms with Gasteiger partial charge in [0.2, 0.25) is 0 Å². The Labute approximate surface area is 588 Å². The zero-order valence-electron chi connectivity index (χ0n) is 62.5. The Balaban J connectivity index is 5.19. The molecule has 0 saturated carbocycles. The lowest BCUT2D eigenvalue weighted by molar-refractivity contribution is -0.161. The van der Waals surface area contributed by atoms with Gasteiger partial charge in [-0.3, -0.25) is 37.3 Å². The number of carbonyl (C=O) groups is 4. The van der Waals surface area contributed by atoms with E-state index in [4.69, 9.17) is 37.0 Å². The Morgan fingerprint density at radius 1 is 0.281 bits per heavy atom. The summed E-state index contributed by atoms with van der Waals surface area (Å²) in [6.45, 7) is 7.33. The number of unbranched alkanes of at least 4 members (excludes halogenated alkanes) is 49. The van der Waals surface area contributed by atoms with Crippen LogP contribution in [0.4, 0.5) is 0 Å². The fourth-order valence-corrected chi connectivity index (χ4v) is 13.5. The molecule has 2 unspecified atom stereocenters. The van der Waals surface area contributed by atoms with Gasteiger partial charge in [0.15, 0.2) is 12.2 Å². The predicted octanol–water partition coefficient (Wildman–Crippen LogP) is 22.9. The van der Waals surface area contributed by atoms with Crippen molar-refractivity contribution in [2.45, 2.75) is 425 Å². The molecule has 0 aromatic carbocycles. The van der Waals surface area contributed by atoms with Crippen molar-refractivity contribution in [1.29, 1.82) is 0 Å². The number of phosphoric acid groups is 2. The fraction of sp³-hybridized carbons (Fsp3) is 0.948. The summed E-state index contributed by atoms with van der Waals surface area (Å²) in [5, 5.41) is 10.6. The molecular formula is C77H150O17P2. The standard InChI is InChI=1S/C77H150O17P2/c1-6-9-12-15-18-21-24-25-33-37-41-46-51-56-61-75(80)88-67-73(94-77(82)63-58-53-48-43-38-34-31-29-27-26-28-30-32-36-39-44-49-54-59-70(4)5)69-92-96(85,86)90-65-71(78)64-89-95(83,84)91-68-72(66-87-74(79)60-55-50-45-40-23-20-17-14-11-8-3)93-76(81)62-57-52-47-42-35-22-19-16-13-10-7-2/h70-73,78H,6-69H2,1-5H3,(H,83,84)(H,85,86)/t71-,72+,73+/m0/s1. The summed E-state index contributed by atoms with van der Waals surface area (Å²) in [6.07, 6.45) is 59.6. The van der Waals surface area contributed by atoms with Crippen LogP contribution in [0.1, 0.15) is 407 Å². The minimum absolute atomic E-state index is 0.107. The van der Waals surface area contributed by atoms with E-state index in [0.29, 0.717) is 25.7 Å². The van der Waals surface area contributed by atoms with Crippen LogP contribution in [0.15, 0.2) is 0 Å². The second kappa shape index (κ2) is 70.1. The van der Waals surface area contributed by atoms with Crippen molar-refractivity contribution in [1.82, 2.24) is 0 Å². The predicted molar refractivity (Wildman–Crippen MR) is 391 cm³/mol. The quantitative estimate of drug-likeness (QED) is 0.0222. The van der Waals surface area contributed by atoms with Gasteiger partial charge in [-0.2, -0.15) is 0 Å². The first kappa shape index (κ1) is 94.1. The molecule has 0 bridgehead atoms. The smallest absolute Gasteiger partial charge is 0.462 e. The molecule has 0 spiro atoms. The van der Waals surface area contributed by atoms with Crippen LogP contribution in [0, 0.1) is 5.92 Å². The number of phosphoric ester groups is 2. The molecule has 0 rings (SSSR count). The van der Waals surface area contributed by atoms with Gasteiger partial charge in [0.05, 0.1) is 26.4 Å². The van der Waals surface area contributed by atoms with Crippen LogP contribution in [-0.2, 0) is 65.4 Å². The third kappa shape index (κ3) is 70.5. The van der Waals surface area contributed by atoms with Crippen LogP contribution in [0.25, 0.3) is 0 Å². The molecule has 0 aromatic rings. The number of hydrogen-bond acceptors (Lipinski definition) is 15. The highest BCUT2D eigenvalue weighted by atomic mass is 31.2. The average Bonchev–Trinajstić information content (AvgIpc) is 1.19. The summed E-state index contributed by atoms with van der Waals surface area (Å²) in [5.41, 5.74) is 0. The highest BCUT2D eigenvalue weighted by Crippen LogP contribution is 2.45. The summed E-state index contributed by atoms with van der Waals surface area (Å²) in [6, 6.07) is 0. The second-order valence-corrected chi connectivity index (χ2v) is 31.1. The third-order valence-electron chi connectivity index (χ3n) is 18.0. The first-order valence-electron chi connectivity index (χ1n) is 40.1. The molecule has 0 amide bonds. The number of aliphatic hydroxyl groups excluding tert-OH is 1. The van der Waals surface area contributed by atoms with Crippen molar-refractivity contribution in [3.63, 3.8) is 0 Å². The third-order valence-corrected chi connectivity index (χ3v) is 19.9. The lowest BCUT2D eigenvalue weighted by Gasteiger charge is -2.21. The zero-order chi connectivity index (χ0) is 70.5. The normalized spacial score (nSPS) is 13.9. The summed E-state index contributed by atoms with van der Waals surface area (Å²) in [4.78, 5) is 72.8. The summed E-state index contributed by atoms with van der Waals surface area (Å²) < 4.78 is 68.5. The number of ether oxygens (including phenoxy) is 4. The Bertz CT molecular complexity index is 1840. The van der Waals surface area contributed by atoms with Crippen LogP contribution in [0.5, 0.6) is 0 Å². The van der Waals surface area contributed by atoms with E-state index in [1.54, 1.807) is 0 Å². The molecule has 5 atom stereocenters. The highest BCUT2D eigenvalue weighted by molar-refractivity contribution is 7.47. The van der Waals surface area contributed by atoms with Gasteiger partial charge < -0.3 is 33.8 Å². The maximum atomic E-state index is 13.1. The largest absolute Gasteiger partial charge is 0.472 e. The molecule has 19 heteroatoms. The van der Waals surface area contributed by atoms with Crippen LogP contribution < -0.4 is 0 Å². The van der Waals surface area contributed by atoms with Crippen molar-refractivity contribution >= 4 is 39.5 Å². The van der Waals surface area contributed by atoms with Gasteiger partial charge in [-0.25, -0.2) is 9.13 Å². The van der Waals surface area contributed by atoms with E-state index < -0.39 is 97.5 Å². The highest BCUT2D eigenvalue weighted by Gasteiger charge is 2.30. The minimum atomic E-state index is -4.96. The molecule has 570 valence electrons. The maximum absolute atomic E-state index is 13.1. The van der Waals surface area contributed by atoms with Gasteiger partial charge in [0.1, 0.15) is 19.3 Å². The van der Waals surface area contributed by atoms with Crippen molar-refractivity contribution < 1.29 is 80.2 Å². The number of hydrogen-bond donors (Lipinski definition) is 3. The van der Waals surface area contributed by atoms with E-state index in [0.717, 1.165) is 95.8 Å². The summed E-state index contributed by atoms with van der Waals surface area (Å²) >= 11 is 0. The van der Waals surface area contributed by atoms with Crippen molar-refractivity contribution in [2.24, 2.45) is 5.92 Å². The lowest BCUT2D eigenvalue weighted by Crippen LogP contribution is -2.30. The van der Waals surface area contributed by atoms with E-state index >= 15 is 0 Å². The lowest BCUT2D eigenvalue weighted by atomic mass is 10.0. The molecular weight excluding hydrogens is 1260 g/mol. The number of aliphatic hydroxyl groups is 1. The topological polar surface area (TPSA) is 237 Å². The number of esters is 4. The first-order chi connectivity index (χ1) is 46.5. The second-order valence-electron chi connectivity index (χ2n) is 28.2. The van der Waals surface area contributed by atoms with Crippen LogP contribution >= 0.6 is 15.6 Å². The molecule has 0 aliphatic heterocycles. The van der Waals surface area contributed by atoms with Crippen LogP contribution in [0.2, 0.25) is 0 Å². The molecule has 0 fully saturated rings. The fourth-order valence-electron chi connectivity index (χ4n) is 11.9. The van der Waals surface area contributed by atoms with Crippen molar-refractivity contribution in [2.75, 3.05) is 39.6 Å². The Morgan fingerprint density at radius 3 is 0.708 bits per heavy atom. The van der Waals surface area contributed by atoms with E-state index in [-0.39, 0.29) is 25.7 Å². The monoisotopic (exact) mass is 1410 g/mol. The first-order valence-corrected chi connectivity index (χ1v) is 43.1. The van der Waals surface area contributed by atoms with Gasteiger partial charge >= 0.3 is 39.5 Å². The van der Waals surface area contributed by atoms with Gasteiger partial charge in [-0.05, 0) is 31.6 Å². The maximum Gasteiger partial charge on any atom is 0.472 e. The average molecular weight is 1410 g/mol. The molecule has 0 saturated heterocycles. The van der Waals surface area contributed by atoms with E-state index in [1.807, 2.05) is 0 Å². The Kier molecular flexibility index (Phi) is 68.7. The van der Waals surface area contributed by atoms with Gasteiger partial charge in [-0.1, -0.05) is 356 Å². The van der Waals surface area contributed by atoms with Crippen LogP contribution in [0.3, 0.4) is 0 Å². The molecule has 0 aliphatic carbocycles. The molecule has 17 nitrogen and oxygen atoms in total. The molecule has 3 N–H and O–H groups in total. The summed E-state index contributed by atoms with van der Waals surface area (Å²) in [7, 11) is -9.91. The van der Waals surface area contributed by atoms with E-state index in [2.05, 4.69) is 34.6 Å². The molecule has 0 heterocycles. The van der Waals surface area contributed by atoms with Crippen molar-refractivity contribution in [3.05, 3.63) is 0 Å². The number of carbonyl (C=O) groups excluding carboxylic acids is 4. The van der Waals surface area contributed by atoms with Crippen molar-refractivity contribution in [3.8, 4) is 0 Å². The zero-order valence-corrected chi connectivity index (χ0v) is 64.3. The Morgan fingerprint density at radius 2 is 0.479 bits per heavy atom.